The largest absolute Gasteiger partial charge is 0.418 e. The lowest BCUT2D eigenvalue weighted by molar-refractivity contribution is -0.384. The van der Waals surface area contributed by atoms with Crippen LogP contribution in [0.1, 0.15) is 24.8 Å². The quantitative estimate of drug-likeness (QED) is 0.479. The molecule has 0 amide bonds. The van der Waals surface area contributed by atoms with E-state index in [0.717, 1.165) is 6.07 Å². The fourth-order valence-electron chi connectivity index (χ4n) is 1.62. The first-order chi connectivity index (χ1) is 9.77. The van der Waals surface area contributed by atoms with Gasteiger partial charge in [-0.2, -0.15) is 18.4 Å². The van der Waals surface area contributed by atoms with E-state index in [1.165, 1.54) is 0 Å². The standard InChI is InChI=1S/C12H11ClF3N3O2/c13-9-7-10(18-5-3-1-2-4-17)11(19(20)21)6-8(9)12(14,15)16/h6-7,18H,1-3,5H2. The van der Waals surface area contributed by atoms with Gasteiger partial charge in [0.2, 0.25) is 0 Å². The molecule has 0 radical (unpaired) electrons. The van der Waals surface area contributed by atoms with Crippen LogP contribution in [0.15, 0.2) is 12.1 Å². The molecule has 0 atom stereocenters. The molecule has 114 valence electrons. The van der Waals surface area contributed by atoms with Crippen molar-refractivity contribution in [2.45, 2.75) is 25.4 Å². The molecule has 0 aliphatic rings. The van der Waals surface area contributed by atoms with Crippen LogP contribution < -0.4 is 5.32 Å². The number of unbranched alkanes of at least 4 members (excludes halogenated alkanes) is 2. The van der Waals surface area contributed by atoms with Gasteiger partial charge in [-0.25, -0.2) is 0 Å². The maximum Gasteiger partial charge on any atom is 0.418 e. The molecule has 0 bridgehead atoms. The molecule has 0 aliphatic heterocycles. The monoisotopic (exact) mass is 321 g/mol. The van der Waals surface area contributed by atoms with E-state index in [1.807, 2.05) is 6.07 Å². The van der Waals surface area contributed by atoms with E-state index in [0.29, 0.717) is 31.9 Å². The molecule has 1 N–H and O–H groups in total. The van der Waals surface area contributed by atoms with Crippen LogP contribution in [-0.2, 0) is 6.18 Å². The first-order valence-electron chi connectivity index (χ1n) is 5.93. The second-order valence-corrected chi connectivity index (χ2v) is 4.55. The van der Waals surface area contributed by atoms with Gasteiger partial charge in [-0.3, -0.25) is 10.1 Å². The van der Waals surface area contributed by atoms with Gasteiger partial charge >= 0.3 is 6.18 Å². The van der Waals surface area contributed by atoms with E-state index in [1.54, 1.807) is 0 Å². The van der Waals surface area contributed by atoms with Gasteiger partial charge in [0.25, 0.3) is 5.69 Å². The van der Waals surface area contributed by atoms with Crippen LogP contribution in [-0.4, -0.2) is 11.5 Å². The van der Waals surface area contributed by atoms with E-state index in [2.05, 4.69) is 5.32 Å². The van der Waals surface area contributed by atoms with Gasteiger partial charge in [0.1, 0.15) is 5.69 Å². The molecule has 0 saturated heterocycles. The molecular weight excluding hydrogens is 311 g/mol. The average molecular weight is 322 g/mol. The lowest BCUT2D eigenvalue weighted by Crippen LogP contribution is -2.10. The minimum absolute atomic E-state index is 0.0741. The number of rotatable bonds is 6. The summed E-state index contributed by atoms with van der Waals surface area (Å²) < 4.78 is 38.0. The summed E-state index contributed by atoms with van der Waals surface area (Å²) in [6, 6.07) is 3.26. The third kappa shape index (κ3) is 4.79. The molecule has 5 nitrogen and oxygen atoms in total. The van der Waals surface area contributed by atoms with Crippen molar-refractivity contribution in [2.24, 2.45) is 0 Å². The minimum atomic E-state index is -4.76. The molecule has 0 spiro atoms. The zero-order chi connectivity index (χ0) is 16.0. The van der Waals surface area contributed by atoms with Crippen LogP contribution in [0.2, 0.25) is 5.02 Å². The van der Waals surface area contributed by atoms with Crippen molar-refractivity contribution in [2.75, 3.05) is 11.9 Å². The van der Waals surface area contributed by atoms with Gasteiger partial charge in [0.05, 0.1) is 21.6 Å². The Morgan fingerprint density at radius 2 is 2.05 bits per heavy atom. The number of benzene rings is 1. The molecule has 0 aromatic heterocycles. The molecule has 0 aliphatic carbocycles. The highest BCUT2D eigenvalue weighted by molar-refractivity contribution is 6.31. The Morgan fingerprint density at radius 3 is 2.57 bits per heavy atom. The first kappa shape index (κ1) is 17.0. The fraction of sp³-hybridized carbons (Fsp3) is 0.417. The smallest absolute Gasteiger partial charge is 0.379 e. The third-order valence-corrected chi connectivity index (χ3v) is 2.93. The molecule has 0 unspecified atom stereocenters. The number of nitrogens with one attached hydrogen (secondary N) is 1. The van der Waals surface area contributed by atoms with Gasteiger partial charge in [0.15, 0.2) is 0 Å². The van der Waals surface area contributed by atoms with E-state index >= 15 is 0 Å². The number of nitrogens with zero attached hydrogens (tertiary/aromatic N) is 2. The number of alkyl halides is 3. The topological polar surface area (TPSA) is 79.0 Å². The highest BCUT2D eigenvalue weighted by atomic mass is 35.5. The van der Waals surface area contributed by atoms with Crippen LogP contribution in [0.3, 0.4) is 0 Å². The minimum Gasteiger partial charge on any atom is -0.379 e. The molecule has 1 aromatic carbocycles. The van der Waals surface area contributed by atoms with Crippen LogP contribution >= 0.6 is 11.6 Å². The van der Waals surface area contributed by atoms with E-state index in [4.69, 9.17) is 16.9 Å². The Kier molecular flexibility index (Phi) is 5.79. The van der Waals surface area contributed by atoms with Gasteiger partial charge in [-0.15, -0.1) is 0 Å². The Hall–Kier alpha value is -2.01. The first-order valence-corrected chi connectivity index (χ1v) is 6.31. The number of nitro groups is 1. The number of halogens is 4. The zero-order valence-electron chi connectivity index (χ0n) is 10.7. The zero-order valence-corrected chi connectivity index (χ0v) is 11.5. The van der Waals surface area contributed by atoms with Gasteiger partial charge in [0, 0.05) is 19.0 Å². The molecule has 0 saturated carbocycles. The normalized spacial score (nSPS) is 11.0. The summed E-state index contributed by atoms with van der Waals surface area (Å²) in [6.07, 6.45) is -3.26. The Morgan fingerprint density at radius 1 is 1.38 bits per heavy atom. The summed E-state index contributed by atoms with van der Waals surface area (Å²) in [5, 5.41) is 21.3. The SMILES string of the molecule is N#CCCCCNc1cc(Cl)c(C(F)(F)F)cc1[N+](=O)[O-]. The van der Waals surface area contributed by atoms with Gasteiger partial charge < -0.3 is 5.32 Å². The van der Waals surface area contributed by atoms with Crippen molar-refractivity contribution < 1.29 is 18.1 Å². The molecule has 21 heavy (non-hydrogen) atoms. The highest BCUT2D eigenvalue weighted by Gasteiger charge is 2.36. The predicted octanol–water partition coefficient (Wildman–Crippen LogP) is 4.37. The molecule has 1 aromatic rings. The lowest BCUT2D eigenvalue weighted by atomic mass is 10.1. The van der Waals surface area contributed by atoms with Crippen molar-refractivity contribution in [3.05, 3.63) is 32.8 Å². The van der Waals surface area contributed by atoms with E-state index < -0.39 is 27.4 Å². The van der Waals surface area contributed by atoms with Crippen molar-refractivity contribution >= 4 is 23.0 Å². The van der Waals surface area contributed by atoms with Crippen molar-refractivity contribution in [3.8, 4) is 6.07 Å². The Balaban J connectivity index is 2.96. The average Bonchev–Trinajstić information content (AvgIpc) is 2.36. The van der Waals surface area contributed by atoms with Crippen LogP contribution in [0, 0.1) is 21.4 Å². The number of hydrogen-bond acceptors (Lipinski definition) is 4. The number of nitriles is 1. The van der Waals surface area contributed by atoms with Crippen LogP contribution in [0.25, 0.3) is 0 Å². The molecule has 0 fully saturated rings. The van der Waals surface area contributed by atoms with Gasteiger partial charge in [-0.1, -0.05) is 11.6 Å². The summed E-state index contributed by atoms with van der Waals surface area (Å²) in [5.74, 6) is 0. The lowest BCUT2D eigenvalue weighted by Gasteiger charge is -2.12. The predicted molar refractivity (Wildman–Crippen MR) is 71.1 cm³/mol. The number of nitro benzene ring substituents is 1. The third-order valence-electron chi connectivity index (χ3n) is 2.62. The summed E-state index contributed by atoms with van der Waals surface area (Å²) in [4.78, 5) is 9.96. The molecular formula is C12H11ClF3N3O2. The number of anilines is 1. The van der Waals surface area contributed by atoms with Crippen molar-refractivity contribution in [1.29, 1.82) is 5.26 Å². The summed E-state index contributed by atoms with van der Waals surface area (Å²) in [6.45, 7) is 0.296. The fourth-order valence-corrected chi connectivity index (χ4v) is 1.89. The van der Waals surface area contributed by atoms with E-state index in [9.17, 15) is 23.3 Å². The maximum absolute atomic E-state index is 12.7. The summed E-state index contributed by atoms with van der Waals surface area (Å²) >= 11 is 5.53. The second kappa shape index (κ2) is 7.13. The molecule has 9 heteroatoms. The van der Waals surface area contributed by atoms with Crippen molar-refractivity contribution in [3.63, 3.8) is 0 Å². The Bertz CT molecular complexity index is 570. The molecule has 0 heterocycles. The van der Waals surface area contributed by atoms with Crippen LogP contribution in [0.5, 0.6) is 0 Å². The Labute approximate surface area is 123 Å². The summed E-state index contributed by atoms with van der Waals surface area (Å²) in [7, 11) is 0. The second-order valence-electron chi connectivity index (χ2n) is 4.15. The number of hydrogen-bond donors (Lipinski definition) is 1. The maximum atomic E-state index is 12.7. The van der Waals surface area contributed by atoms with Gasteiger partial charge in [-0.05, 0) is 18.9 Å². The van der Waals surface area contributed by atoms with Crippen LogP contribution in [0.4, 0.5) is 24.5 Å². The highest BCUT2D eigenvalue weighted by Crippen LogP contribution is 2.40. The van der Waals surface area contributed by atoms with E-state index in [-0.39, 0.29) is 5.69 Å². The van der Waals surface area contributed by atoms with Crippen molar-refractivity contribution in [1.82, 2.24) is 0 Å². The summed E-state index contributed by atoms with van der Waals surface area (Å²) in [5.41, 5.74) is -2.01. The molecule has 1 rings (SSSR count).